The second-order valence-electron chi connectivity index (χ2n) is 10.9. The number of anilines is 1. The number of hydrogen-bond acceptors (Lipinski definition) is 4. The Hall–Kier alpha value is -4.21. The van der Waals surface area contributed by atoms with E-state index in [9.17, 15) is 22.4 Å². The summed E-state index contributed by atoms with van der Waals surface area (Å²) in [7, 11) is -4.25. The van der Waals surface area contributed by atoms with Crippen LogP contribution in [-0.2, 0) is 32.6 Å². The first-order valence-electron chi connectivity index (χ1n) is 14.7. The molecule has 1 atom stereocenters. The fourth-order valence-corrected chi connectivity index (χ4v) is 6.38. The van der Waals surface area contributed by atoms with Crippen LogP contribution in [0.2, 0.25) is 5.02 Å². The number of nitrogens with one attached hydrogen (secondary N) is 1. The number of carbonyl (C=O) groups is 2. The van der Waals surface area contributed by atoms with E-state index < -0.39 is 34.3 Å². The molecule has 0 saturated carbocycles. The van der Waals surface area contributed by atoms with Crippen LogP contribution < -0.4 is 9.62 Å². The number of rotatable bonds is 13. The number of amides is 2. The fraction of sp³-hybridized carbons (Fsp3) is 0.257. The quantitative estimate of drug-likeness (QED) is 0.180. The summed E-state index contributed by atoms with van der Waals surface area (Å²) in [6.07, 6.45) is 0.881. The summed E-state index contributed by atoms with van der Waals surface area (Å²) < 4.78 is 43.1. The predicted octanol–water partition coefficient (Wildman–Crippen LogP) is 6.46. The summed E-state index contributed by atoms with van der Waals surface area (Å²) in [6.45, 7) is 5.48. The van der Waals surface area contributed by atoms with Crippen LogP contribution in [-0.4, -0.2) is 44.3 Å². The highest BCUT2D eigenvalue weighted by molar-refractivity contribution is 7.92. The molecule has 0 heterocycles. The molecule has 0 spiro atoms. The van der Waals surface area contributed by atoms with E-state index in [-0.39, 0.29) is 23.8 Å². The van der Waals surface area contributed by atoms with Crippen molar-refractivity contribution in [3.8, 4) is 0 Å². The molecule has 0 aromatic heterocycles. The van der Waals surface area contributed by atoms with Crippen LogP contribution in [0, 0.1) is 19.7 Å². The standard InChI is InChI=1S/C35H37ClFN3O4S/c1-4-20-38-35(42)33(22-27-8-6-5-7-9-27)39(23-28-11-15-30(37)16-12-28)34(41)24-40(31-17-10-25(2)26(3)21-31)45(43,44)32-18-13-29(36)14-19-32/h5-19,21,33H,4,20,22-24H2,1-3H3,(H,38,42). The van der Waals surface area contributed by atoms with Crippen LogP contribution in [0.3, 0.4) is 0 Å². The molecule has 236 valence electrons. The maximum absolute atomic E-state index is 14.4. The summed E-state index contributed by atoms with van der Waals surface area (Å²) in [6, 6.07) is 24.9. The third kappa shape index (κ3) is 8.71. The van der Waals surface area contributed by atoms with Crippen LogP contribution >= 0.6 is 11.6 Å². The molecule has 0 aliphatic carbocycles. The molecule has 4 rings (SSSR count). The lowest BCUT2D eigenvalue weighted by atomic mass is 10.0. The molecule has 0 aliphatic rings. The van der Waals surface area contributed by atoms with E-state index in [1.807, 2.05) is 51.1 Å². The van der Waals surface area contributed by atoms with E-state index in [1.54, 1.807) is 30.3 Å². The summed E-state index contributed by atoms with van der Waals surface area (Å²) in [5, 5.41) is 3.28. The lowest BCUT2D eigenvalue weighted by molar-refractivity contribution is -0.140. The molecule has 4 aromatic carbocycles. The molecule has 0 saturated heterocycles. The maximum atomic E-state index is 14.4. The second-order valence-corrected chi connectivity index (χ2v) is 13.2. The summed E-state index contributed by atoms with van der Waals surface area (Å²) in [5.74, 6) is -1.40. The topological polar surface area (TPSA) is 86.8 Å². The SMILES string of the molecule is CCCNC(=O)C(Cc1ccccc1)N(Cc1ccc(F)cc1)C(=O)CN(c1ccc(C)c(C)c1)S(=O)(=O)c1ccc(Cl)cc1. The Morgan fingerprint density at radius 1 is 0.867 bits per heavy atom. The molecule has 0 radical (unpaired) electrons. The Morgan fingerprint density at radius 2 is 1.53 bits per heavy atom. The zero-order valence-electron chi connectivity index (χ0n) is 25.5. The van der Waals surface area contributed by atoms with E-state index in [0.717, 1.165) is 21.0 Å². The van der Waals surface area contributed by atoms with Crippen molar-refractivity contribution in [2.45, 2.75) is 51.1 Å². The lowest BCUT2D eigenvalue weighted by Gasteiger charge is -2.34. The summed E-state index contributed by atoms with van der Waals surface area (Å²) >= 11 is 6.05. The number of nitrogens with zero attached hydrogens (tertiary/aromatic N) is 2. The Labute approximate surface area is 269 Å². The van der Waals surface area contributed by atoms with Crippen LogP contribution in [0.25, 0.3) is 0 Å². The van der Waals surface area contributed by atoms with Gasteiger partial charge in [0.25, 0.3) is 10.0 Å². The summed E-state index contributed by atoms with van der Waals surface area (Å²) in [5.41, 5.74) is 3.52. The van der Waals surface area contributed by atoms with Gasteiger partial charge in [0.2, 0.25) is 11.8 Å². The van der Waals surface area contributed by atoms with Gasteiger partial charge in [-0.15, -0.1) is 0 Å². The van der Waals surface area contributed by atoms with Crippen molar-refractivity contribution < 1.29 is 22.4 Å². The first-order chi connectivity index (χ1) is 21.5. The molecule has 4 aromatic rings. The van der Waals surface area contributed by atoms with E-state index in [0.29, 0.717) is 29.2 Å². The fourth-order valence-electron chi connectivity index (χ4n) is 4.85. The Morgan fingerprint density at radius 3 is 2.16 bits per heavy atom. The first-order valence-corrected chi connectivity index (χ1v) is 16.5. The normalized spacial score (nSPS) is 11.9. The average molecular weight is 650 g/mol. The van der Waals surface area contributed by atoms with Gasteiger partial charge in [-0.1, -0.05) is 67.1 Å². The van der Waals surface area contributed by atoms with Crippen molar-refractivity contribution in [1.29, 1.82) is 0 Å². The van der Waals surface area contributed by atoms with Crippen LogP contribution in [0.1, 0.15) is 35.6 Å². The maximum Gasteiger partial charge on any atom is 0.264 e. The number of aryl methyl sites for hydroxylation is 2. The van der Waals surface area contributed by atoms with Gasteiger partial charge in [-0.05, 0) is 91.1 Å². The molecular weight excluding hydrogens is 613 g/mol. The summed E-state index contributed by atoms with van der Waals surface area (Å²) in [4.78, 5) is 29.5. The van der Waals surface area contributed by atoms with E-state index in [2.05, 4.69) is 5.32 Å². The molecule has 0 aliphatic heterocycles. The molecule has 2 amide bonds. The monoisotopic (exact) mass is 649 g/mol. The van der Waals surface area contributed by atoms with Gasteiger partial charge in [0.1, 0.15) is 18.4 Å². The number of sulfonamides is 1. The molecule has 0 fully saturated rings. The van der Waals surface area contributed by atoms with Gasteiger partial charge in [-0.3, -0.25) is 13.9 Å². The average Bonchev–Trinajstić information content (AvgIpc) is 3.03. The number of hydrogen-bond donors (Lipinski definition) is 1. The number of halogens is 2. The van der Waals surface area contributed by atoms with Crippen LogP contribution in [0.15, 0.2) is 102 Å². The minimum atomic E-state index is -4.25. The molecule has 1 unspecified atom stereocenters. The Kier molecular flexibility index (Phi) is 11.4. The molecule has 45 heavy (non-hydrogen) atoms. The van der Waals surface area contributed by atoms with Crippen molar-refractivity contribution in [1.82, 2.24) is 10.2 Å². The molecule has 0 bridgehead atoms. The number of benzene rings is 4. The van der Waals surface area contributed by atoms with E-state index in [1.165, 1.54) is 41.3 Å². The predicted molar refractivity (Wildman–Crippen MR) is 176 cm³/mol. The van der Waals surface area contributed by atoms with Gasteiger partial charge in [-0.25, -0.2) is 12.8 Å². The molecule has 10 heteroatoms. The van der Waals surface area contributed by atoms with Gasteiger partial charge in [0.15, 0.2) is 0 Å². The first kappa shape index (κ1) is 33.7. The number of carbonyl (C=O) groups excluding carboxylic acids is 2. The largest absolute Gasteiger partial charge is 0.354 e. The van der Waals surface area contributed by atoms with Crippen molar-refractivity contribution >= 4 is 39.1 Å². The molecule has 1 N–H and O–H groups in total. The minimum Gasteiger partial charge on any atom is -0.354 e. The van der Waals surface area contributed by atoms with Crippen molar-refractivity contribution in [2.24, 2.45) is 0 Å². The lowest BCUT2D eigenvalue weighted by Crippen LogP contribution is -2.53. The Balaban J connectivity index is 1.81. The highest BCUT2D eigenvalue weighted by Crippen LogP contribution is 2.27. The molecular formula is C35H37ClFN3O4S. The van der Waals surface area contributed by atoms with Gasteiger partial charge in [-0.2, -0.15) is 0 Å². The highest BCUT2D eigenvalue weighted by atomic mass is 35.5. The van der Waals surface area contributed by atoms with Crippen molar-refractivity contribution in [2.75, 3.05) is 17.4 Å². The van der Waals surface area contributed by atoms with E-state index in [4.69, 9.17) is 11.6 Å². The van der Waals surface area contributed by atoms with Crippen LogP contribution in [0.4, 0.5) is 10.1 Å². The smallest absolute Gasteiger partial charge is 0.264 e. The van der Waals surface area contributed by atoms with Gasteiger partial charge < -0.3 is 10.2 Å². The molecule has 7 nitrogen and oxygen atoms in total. The Bertz CT molecular complexity index is 1720. The van der Waals surface area contributed by atoms with E-state index >= 15 is 0 Å². The van der Waals surface area contributed by atoms with Gasteiger partial charge in [0.05, 0.1) is 10.6 Å². The third-order valence-electron chi connectivity index (χ3n) is 7.55. The van der Waals surface area contributed by atoms with Crippen LogP contribution in [0.5, 0.6) is 0 Å². The zero-order valence-corrected chi connectivity index (χ0v) is 27.1. The highest BCUT2D eigenvalue weighted by Gasteiger charge is 2.34. The van der Waals surface area contributed by atoms with Crippen molar-refractivity contribution in [3.05, 3.63) is 130 Å². The van der Waals surface area contributed by atoms with Gasteiger partial charge >= 0.3 is 0 Å². The van der Waals surface area contributed by atoms with Gasteiger partial charge in [0, 0.05) is 24.5 Å². The second kappa shape index (κ2) is 15.2. The minimum absolute atomic E-state index is 0.0375. The third-order valence-corrected chi connectivity index (χ3v) is 9.59. The van der Waals surface area contributed by atoms with Crippen molar-refractivity contribution in [3.63, 3.8) is 0 Å². The zero-order chi connectivity index (χ0) is 32.6.